The summed E-state index contributed by atoms with van der Waals surface area (Å²) in [6.45, 7) is 4.22. The summed E-state index contributed by atoms with van der Waals surface area (Å²) in [4.78, 5) is 0. The standard InChI is InChI=1S/C32H30O2/c1-23-15-17-27(18-16-23)30(26-13-9-6-10-14-26)20-29-22-31(33-3)28(21-32(29)34-4)19-24(2)25-11-7-5-8-12-25/h5-22H,1-4H3. The second-order valence-corrected chi connectivity index (χ2v) is 8.32. The first-order valence-corrected chi connectivity index (χ1v) is 11.4. The molecule has 0 atom stereocenters. The molecule has 0 aliphatic rings. The van der Waals surface area contributed by atoms with Crippen LogP contribution in [0.5, 0.6) is 11.5 Å². The molecular weight excluding hydrogens is 416 g/mol. The van der Waals surface area contributed by atoms with Gasteiger partial charge in [0, 0.05) is 11.1 Å². The maximum atomic E-state index is 5.84. The Morgan fingerprint density at radius 1 is 0.588 bits per heavy atom. The first-order chi connectivity index (χ1) is 16.6. The van der Waals surface area contributed by atoms with Gasteiger partial charge < -0.3 is 9.47 Å². The molecule has 0 saturated carbocycles. The summed E-state index contributed by atoms with van der Waals surface area (Å²) in [5.74, 6) is 1.60. The van der Waals surface area contributed by atoms with Crippen molar-refractivity contribution in [1.82, 2.24) is 0 Å². The van der Waals surface area contributed by atoms with E-state index in [0.717, 1.165) is 44.9 Å². The molecule has 2 heteroatoms. The molecule has 0 spiro atoms. The van der Waals surface area contributed by atoms with Gasteiger partial charge in [-0.1, -0.05) is 90.5 Å². The van der Waals surface area contributed by atoms with Gasteiger partial charge in [-0.05, 0) is 66.0 Å². The third kappa shape index (κ3) is 5.29. The smallest absolute Gasteiger partial charge is 0.126 e. The van der Waals surface area contributed by atoms with E-state index in [1.807, 2.05) is 12.1 Å². The first-order valence-electron chi connectivity index (χ1n) is 11.4. The zero-order valence-corrected chi connectivity index (χ0v) is 20.2. The molecule has 0 aliphatic carbocycles. The molecule has 0 saturated heterocycles. The third-order valence-corrected chi connectivity index (χ3v) is 5.93. The summed E-state index contributed by atoms with van der Waals surface area (Å²) in [5, 5.41) is 0. The lowest BCUT2D eigenvalue weighted by Crippen LogP contribution is -1.95. The molecule has 34 heavy (non-hydrogen) atoms. The van der Waals surface area contributed by atoms with Gasteiger partial charge in [-0.2, -0.15) is 0 Å². The number of aryl methyl sites for hydroxylation is 1. The minimum Gasteiger partial charge on any atom is -0.496 e. The fourth-order valence-electron chi connectivity index (χ4n) is 4.03. The highest BCUT2D eigenvalue weighted by Gasteiger charge is 2.12. The van der Waals surface area contributed by atoms with E-state index in [0.29, 0.717) is 0 Å². The van der Waals surface area contributed by atoms with Crippen molar-refractivity contribution in [2.75, 3.05) is 14.2 Å². The number of hydrogen-bond acceptors (Lipinski definition) is 2. The number of allylic oxidation sites excluding steroid dienone is 1. The zero-order chi connectivity index (χ0) is 23.9. The quantitative estimate of drug-likeness (QED) is 0.267. The number of benzene rings is 4. The van der Waals surface area contributed by atoms with Crippen LogP contribution in [0.4, 0.5) is 0 Å². The lowest BCUT2D eigenvalue weighted by molar-refractivity contribution is 0.401. The van der Waals surface area contributed by atoms with Gasteiger partial charge in [0.05, 0.1) is 14.2 Å². The maximum Gasteiger partial charge on any atom is 0.126 e. The SMILES string of the molecule is COc1cc(C=C(c2ccccc2)c2ccc(C)cc2)c(OC)cc1C=C(C)c1ccccc1. The summed E-state index contributed by atoms with van der Waals surface area (Å²) in [5.41, 5.74) is 8.96. The second kappa shape index (κ2) is 10.7. The monoisotopic (exact) mass is 446 g/mol. The highest BCUT2D eigenvalue weighted by atomic mass is 16.5. The number of methoxy groups -OCH3 is 2. The average molecular weight is 447 g/mol. The van der Waals surface area contributed by atoms with Crippen LogP contribution in [0.2, 0.25) is 0 Å². The van der Waals surface area contributed by atoms with E-state index in [4.69, 9.17) is 9.47 Å². The lowest BCUT2D eigenvalue weighted by atomic mass is 9.94. The van der Waals surface area contributed by atoms with Crippen molar-refractivity contribution in [3.05, 3.63) is 130 Å². The second-order valence-electron chi connectivity index (χ2n) is 8.32. The van der Waals surface area contributed by atoms with Crippen LogP contribution < -0.4 is 9.47 Å². The summed E-state index contributed by atoms with van der Waals surface area (Å²) in [7, 11) is 3.42. The van der Waals surface area contributed by atoms with Crippen LogP contribution >= 0.6 is 0 Å². The molecule has 0 bridgehead atoms. The van der Waals surface area contributed by atoms with E-state index >= 15 is 0 Å². The minimum absolute atomic E-state index is 0.799. The van der Waals surface area contributed by atoms with Crippen molar-refractivity contribution in [3.63, 3.8) is 0 Å². The predicted octanol–water partition coefficient (Wildman–Crippen LogP) is 8.16. The molecule has 0 amide bonds. The van der Waals surface area contributed by atoms with E-state index in [-0.39, 0.29) is 0 Å². The van der Waals surface area contributed by atoms with E-state index in [9.17, 15) is 0 Å². The van der Waals surface area contributed by atoms with Gasteiger partial charge in [0.2, 0.25) is 0 Å². The van der Waals surface area contributed by atoms with Crippen LogP contribution in [0.15, 0.2) is 97.1 Å². The highest BCUT2D eigenvalue weighted by Crippen LogP contribution is 2.35. The van der Waals surface area contributed by atoms with Crippen molar-refractivity contribution in [2.24, 2.45) is 0 Å². The summed E-state index contributed by atoms with van der Waals surface area (Å²) < 4.78 is 11.6. The molecule has 0 heterocycles. The van der Waals surface area contributed by atoms with Crippen molar-refractivity contribution in [1.29, 1.82) is 0 Å². The minimum atomic E-state index is 0.799. The molecule has 0 unspecified atom stereocenters. The van der Waals surface area contributed by atoms with Gasteiger partial charge in [-0.3, -0.25) is 0 Å². The highest BCUT2D eigenvalue weighted by molar-refractivity contribution is 5.93. The molecule has 4 aromatic rings. The fraction of sp³-hybridized carbons (Fsp3) is 0.125. The Balaban J connectivity index is 1.84. The molecule has 4 rings (SSSR count). The van der Waals surface area contributed by atoms with Crippen LogP contribution in [0.25, 0.3) is 23.3 Å². The molecule has 0 fully saturated rings. The number of hydrogen-bond donors (Lipinski definition) is 0. The third-order valence-electron chi connectivity index (χ3n) is 5.93. The number of rotatable bonds is 7. The van der Waals surface area contributed by atoms with E-state index in [1.165, 1.54) is 11.1 Å². The summed E-state index contributed by atoms with van der Waals surface area (Å²) in [6.07, 6.45) is 4.32. The Labute approximate surface area is 202 Å². The van der Waals surface area contributed by atoms with Crippen molar-refractivity contribution in [2.45, 2.75) is 13.8 Å². The van der Waals surface area contributed by atoms with E-state index in [1.54, 1.807) is 14.2 Å². The Hall–Kier alpha value is -4.04. The summed E-state index contributed by atoms with van der Waals surface area (Å²) >= 11 is 0. The Kier molecular flexibility index (Phi) is 7.29. The average Bonchev–Trinajstić information content (AvgIpc) is 2.89. The van der Waals surface area contributed by atoms with E-state index < -0.39 is 0 Å². The van der Waals surface area contributed by atoms with Gasteiger partial charge in [-0.15, -0.1) is 0 Å². The molecule has 0 aromatic heterocycles. The topological polar surface area (TPSA) is 18.5 Å². The Morgan fingerprint density at radius 2 is 1.06 bits per heavy atom. The molecular formula is C32H30O2. The lowest BCUT2D eigenvalue weighted by Gasteiger charge is -2.15. The number of ether oxygens (including phenoxy) is 2. The van der Waals surface area contributed by atoms with Crippen LogP contribution in [0, 0.1) is 6.92 Å². The fourth-order valence-corrected chi connectivity index (χ4v) is 4.03. The Morgan fingerprint density at radius 3 is 1.59 bits per heavy atom. The zero-order valence-electron chi connectivity index (χ0n) is 20.2. The predicted molar refractivity (Wildman–Crippen MR) is 144 cm³/mol. The van der Waals surface area contributed by atoms with E-state index in [2.05, 4.69) is 111 Å². The van der Waals surface area contributed by atoms with Gasteiger partial charge in [0.15, 0.2) is 0 Å². The van der Waals surface area contributed by atoms with Crippen LogP contribution in [-0.2, 0) is 0 Å². The molecule has 0 N–H and O–H groups in total. The van der Waals surface area contributed by atoms with Crippen molar-refractivity contribution >= 4 is 23.3 Å². The normalized spacial score (nSPS) is 11.9. The largest absolute Gasteiger partial charge is 0.496 e. The molecule has 4 aromatic carbocycles. The van der Waals surface area contributed by atoms with Crippen LogP contribution in [0.3, 0.4) is 0 Å². The van der Waals surface area contributed by atoms with Gasteiger partial charge in [0.25, 0.3) is 0 Å². The van der Waals surface area contributed by atoms with Crippen molar-refractivity contribution in [3.8, 4) is 11.5 Å². The van der Waals surface area contributed by atoms with Gasteiger partial charge in [-0.25, -0.2) is 0 Å². The van der Waals surface area contributed by atoms with Crippen LogP contribution in [0.1, 0.15) is 40.3 Å². The molecule has 0 aliphatic heterocycles. The van der Waals surface area contributed by atoms with Crippen LogP contribution in [-0.4, -0.2) is 14.2 Å². The van der Waals surface area contributed by atoms with Gasteiger partial charge >= 0.3 is 0 Å². The Bertz CT molecular complexity index is 1300. The summed E-state index contributed by atoms with van der Waals surface area (Å²) in [6, 6.07) is 33.5. The first kappa shape index (κ1) is 23.1. The maximum absolute atomic E-state index is 5.84. The molecule has 0 radical (unpaired) electrons. The van der Waals surface area contributed by atoms with Crippen molar-refractivity contribution < 1.29 is 9.47 Å². The van der Waals surface area contributed by atoms with Gasteiger partial charge in [0.1, 0.15) is 11.5 Å². The molecule has 2 nitrogen and oxygen atoms in total. The molecule has 170 valence electrons.